The highest BCUT2D eigenvalue weighted by atomic mass is 19.3. The van der Waals surface area contributed by atoms with E-state index in [1.807, 2.05) is 6.92 Å². The van der Waals surface area contributed by atoms with E-state index in [9.17, 15) is 13.6 Å². The summed E-state index contributed by atoms with van der Waals surface area (Å²) >= 11 is 0. The molecule has 0 rings (SSSR count). The van der Waals surface area contributed by atoms with Crippen molar-refractivity contribution < 1.29 is 18.3 Å². The molecule has 0 aliphatic heterocycles. The van der Waals surface area contributed by atoms with Crippen LogP contribution in [0.3, 0.4) is 0 Å². The molecule has 1 unspecified atom stereocenters. The van der Waals surface area contributed by atoms with Crippen LogP contribution >= 0.6 is 0 Å². The standard InChI is InChI=1S/C10H20F2N2O2/c1-2-3-8(13)6-14-10(15)4-5-16-7-9(11)12/h8-9H,2-7,13H2,1H3,(H,14,15). The Labute approximate surface area is 94.5 Å². The van der Waals surface area contributed by atoms with E-state index in [1.165, 1.54) is 0 Å². The van der Waals surface area contributed by atoms with Crippen molar-refractivity contribution in [3.05, 3.63) is 0 Å². The quantitative estimate of drug-likeness (QED) is 0.587. The van der Waals surface area contributed by atoms with E-state index in [2.05, 4.69) is 10.1 Å². The Morgan fingerprint density at radius 2 is 2.19 bits per heavy atom. The summed E-state index contributed by atoms with van der Waals surface area (Å²) in [5.74, 6) is -0.221. The molecule has 0 aromatic rings. The van der Waals surface area contributed by atoms with Crippen LogP contribution < -0.4 is 11.1 Å². The predicted molar refractivity (Wildman–Crippen MR) is 57.3 cm³/mol. The Kier molecular flexibility index (Phi) is 9.03. The zero-order valence-corrected chi connectivity index (χ0v) is 9.55. The normalized spacial score (nSPS) is 12.8. The molecule has 0 bridgehead atoms. The average Bonchev–Trinajstić information content (AvgIpc) is 2.22. The van der Waals surface area contributed by atoms with Gasteiger partial charge in [0.2, 0.25) is 5.91 Å². The summed E-state index contributed by atoms with van der Waals surface area (Å²) in [6.45, 7) is 1.82. The van der Waals surface area contributed by atoms with Crippen molar-refractivity contribution in [1.82, 2.24) is 5.32 Å². The number of rotatable bonds is 9. The molecule has 0 aromatic heterocycles. The van der Waals surface area contributed by atoms with Crippen molar-refractivity contribution >= 4 is 5.91 Å². The minimum Gasteiger partial charge on any atom is -0.375 e. The lowest BCUT2D eigenvalue weighted by molar-refractivity contribution is -0.122. The van der Waals surface area contributed by atoms with Crippen molar-refractivity contribution in [3.8, 4) is 0 Å². The molecule has 96 valence electrons. The Bertz CT molecular complexity index is 192. The second kappa shape index (κ2) is 9.47. The van der Waals surface area contributed by atoms with Gasteiger partial charge in [-0.05, 0) is 6.42 Å². The number of carbonyl (C=O) groups is 1. The van der Waals surface area contributed by atoms with Gasteiger partial charge < -0.3 is 15.8 Å². The molecule has 0 heterocycles. The van der Waals surface area contributed by atoms with E-state index in [-0.39, 0.29) is 25.0 Å². The van der Waals surface area contributed by atoms with Gasteiger partial charge in [0.15, 0.2) is 0 Å². The van der Waals surface area contributed by atoms with Gasteiger partial charge in [-0.15, -0.1) is 0 Å². The van der Waals surface area contributed by atoms with Crippen LogP contribution in [-0.2, 0) is 9.53 Å². The highest BCUT2D eigenvalue weighted by molar-refractivity contribution is 5.75. The lowest BCUT2D eigenvalue weighted by atomic mass is 10.2. The summed E-state index contributed by atoms with van der Waals surface area (Å²) in [5, 5.41) is 2.62. The van der Waals surface area contributed by atoms with Crippen LogP contribution in [-0.4, -0.2) is 38.1 Å². The van der Waals surface area contributed by atoms with Crippen LogP contribution in [0.25, 0.3) is 0 Å². The van der Waals surface area contributed by atoms with Crippen LogP contribution in [0.15, 0.2) is 0 Å². The fourth-order valence-corrected chi connectivity index (χ4v) is 1.14. The number of hydrogen-bond acceptors (Lipinski definition) is 3. The molecule has 0 aliphatic carbocycles. The van der Waals surface area contributed by atoms with Gasteiger partial charge in [0.25, 0.3) is 6.43 Å². The van der Waals surface area contributed by atoms with Gasteiger partial charge >= 0.3 is 0 Å². The Balaban J connectivity index is 3.37. The molecular weight excluding hydrogens is 218 g/mol. The molecule has 0 saturated carbocycles. The van der Waals surface area contributed by atoms with Crippen LogP contribution in [0.2, 0.25) is 0 Å². The van der Waals surface area contributed by atoms with Crippen molar-refractivity contribution in [2.24, 2.45) is 5.73 Å². The third kappa shape index (κ3) is 9.79. The van der Waals surface area contributed by atoms with E-state index < -0.39 is 13.0 Å². The fraction of sp³-hybridized carbons (Fsp3) is 0.900. The number of halogens is 2. The Morgan fingerprint density at radius 3 is 2.75 bits per heavy atom. The molecule has 3 N–H and O–H groups in total. The topological polar surface area (TPSA) is 64.3 Å². The summed E-state index contributed by atoms with van der Waals surface area (Å²) in [7, 11) is 0. The van der Waals surface area contributed by atoms with Gasteiger partial charge in [-0.25, -0.2) is 8.78 Å². The van der Waals surface area contributed by atoms with Gasteiger partial charge in [0, 0.05) is 19.0 Å². The summed E-state index contributed by atoms with van der Waals surface area (Å²) in [5.41, 5.74) is 5.68. The number of nitrogens with two attached hydrogens (primary N) is 1. The minimum absolute atomic E-state index is 0.0131. The van der Waals surface area contributed by atoms with E-state index in [0.29, 0.717) is 6.54 Å². The number of alkyl halides is 2. The maximum Gasteiger partial charge on any atom is 0.261 e. The monoisotopic (exact) mass is 238 g/mol. The number of nitrogens with one attached hydrogen (secondary N) is 1. The third-order valence-corrected chi connectivity index (χ3v) is 1.94. The smallest absolute Gasteiger partial charge is 0.261 e. The molecule has 0 aliphatic rings. The largest absolute Gasteiger partial charge is 0.375 e. The van der Waals surface area contributed by atoms with Gasteiger partial charge in [-0.1, -0.05) is 13.3 Å². The van der Waals surface area contributed by atoms with E-state index >= 15 is 0 Å². The number of ether oxygens (including phenoxy) is 1. The SMILES string of the molecule is CCCC(N)CNC(=O)CCOCC(F)F. The van der Waals surface area contributed by atoms with Gasteiger partial charge in [-0.3, -0.25) is 4.79 Å². The van der Waals surface area contributed by atoms with Crippen molar-refractivity contribution in [3.63, 3.8) is 0 Å². The highest BCUT2D eigenvalue weighted by Crippen LogP contribution is 1.94. The molecule has 0 fully saturated rings. The molecule has 0 spiro atoms. The Morgan fingerprint density at radius 1 is 1.50 bits per heavy atom. The van der Waals surface area contributed by atoms with Crippen molar-refractivity contribution in [2.45, 2.75) is 38.7 Å². The first kappa shape index (κ1) is 15.2. The molecular formula is C10H20F2N2O2. The molecule has 1 amide bonds. The van der Waals surface area contributed by atoms with E-state index in [1.54, 1.807) is 0 Å². The predicted octanol–water partition coefficient (Wildman–Crippen LogP) is 0.902. The lowest BCUT2D eigenvalue weighted by Crippen LogP contribution is -2.37. The number of amides is 1. The van der Waals surface area contributed by atoms with Crippen LogP contribution in [0.5, 0.6) is 0 Å². The van der Waals surface area contributed by atoms with Crippen molar-refractivity contribution in [1.29, 1.82) is 0 Å². The second-order valence-corrected chi connectivity index (χ2v) is 3.57. The zero-order valence-electron chi connectivity index (χ0n) is 9.55. The van der Waals surface area contributed by atoms with Gasteiger partial charge in [0.1, 0.15) is 6.61 Å². The van der Waals surface area contributed by atoms with Crippen LogP contribution in [0.1, 0.15) is 26.2 Å². The fourth-order valence-electron chi connectivity index (χ4n) is 1.14. The molecule has 6 heteroatoms. The average molecular weight is 238 g/mol. The molecule has 1 atom stereocenters. The molecule has 4 nitrogen and oxygen atoms in total. The summed E-state index contributed by atoms with van der Waals surface area (Å²) in [6, 6.07) is -0.0454. The van der Waals surface area contributed by atoms with E-state index in [0.717, 1.165) is 12.8 Å². The minimum atomic E-state index is -2.49. The molecule has 16 heavy (non-hydrogen) atoms. The van der Waals surface area contributed by atoms with Gasteiger partial charge in [0.05, 0.1) is 6.61 Å². The van der Waals surface area contributed by atoms with Gasteiger partial charge in [-0.2, -0.15) is 0 Å². The van der Waals surface area contributed by atoms with E-state index in [4.69, 9.17) is 5.73 Å². The van der Waals surface area contributed by atoms with Crippen LogP contribution in [0, 0.1) is 0 Å². The number of carbonyl (C=O) groups excluding carboxylic acids is 1. The molecule has 0 aromatic carbocycles. The first-order valence-corrected chi connectivity index (χ1v) is 5.44. The Hall–Kier alpha value is -0.750. The third-order valence-electron chi connectivity index (χ3n) is 1.94. The first-order chi connectivity index (χ1) is 7.56. The lowest BCUT2D eigenvalue weighted by Gasteiger charge is -2.11. The summed E-state index contributed by atoms with van der Waals surface area (Å²) < 4.78 is 27.9. The summed E-state index contributed by atoms with van der Waals surface area (Å²) in [6.07, 6.45) is -0.580. The number of hydrogen-bond donors (Lipinski definition) is 2. The maximum absolute atomic E-state index is 11.7. The zero-order chi connectivity index (χ0) is 12.4. The molecule has 0 saturated heterocycles. The highest BCUT2D eigenvalue weighted by Gasteiger charge is 2.06. The van der Waals surface area contributed by atoms with Crippen molar-refractivity contribution in [2.75, 3.05) is 19.8 Å². The summed E-state index contributed by atoms with van der Waals surface area (Å²) in [4.78, 5) is 11.2. The van der Waals surface area contributed by atoms with Crippen LogP contribution in [0.4, 0.5) is 8.78 Å². The second-order valence-electron chi connectivity index (χ2n) is 3.57. The maximum atomic E-state index is 11.7. The first-order valence-electron chi connectivity index (χ1n) is 5.44. The molecule has 0 radical (unpaired) electrons.